The topological polar surface area (TPSA) is 63.7 Å². The van der Waals surface area contributed by atoms with Gasteiger partial charge in [0.05, 0.1) is 11.5 Å². The Balaban J connectivity index is 1.72. The number of nitrogens with zero attached hydrogens (tertiary/aromatic N) is 1. The van der Waals surface area contributed by atoms with Crippen molar-refractivity contribution in [2.75, 3.05) is 11.4 Å². The number of para-hydroxylation sites is 1. The summed E-state index contributed by atoms with van der Waals surface area (Å²) in [6.45, 7) is 0.239. The lowest BCUT2D eigenvalue weighted by Crippen LogP contribution is -2.27. The van der Waals surface area contributed by atoms with Crippen LogP contribution < -0.4 is 9.64 Å². The van der Waals surface area contributed by atoms with E-state index in [0.29, 0.717) is 22.6 Å². The quantitative estimate of drug-likeness (QED) is 0.486. The number of aldehydes is 1. The lowest BCUT2D eigenvalue weighted by molar-refractivity contribution is -0.139. The van der Waals surface area contributed by atoms with Gasteiger partial charge in [0.1, 0.15) is 5.75 Å². The van der Waals surface area contributed by atoms with Crippen LogP contribution in [0.4, 0.5) is 5.69 Å². The Morgan fingerprint density at radius 3 is 2.58 bits per heavy atom. The maximum atomic E-state index is 12.3. The summed E-state index contributed by atoms with van der Waals surface area (Å²) in [6.07, 6.45) is 0.702. The predicted molar refractivity (Wildman–Crippen MR) is 89.4 cm³/mol. The second-order valence-electron chi connectivity index (χ2n) is 5.46. The third kappa shape index (κ3) is 3.31. The summed E-state index contributed by atoms with van der Waals surface area (Å²) in [6, 6.07) is 13.3. The largest absolute Gasteiger partial charge is 0.425 e. The highest BCUT2D eigenvalue weighted by atomic mass is 35.5. The van der Waals surface area contributed by atoms with Crippen LogP contribution in [0, 0.1) is 5.92 Å². The van der Waals surface area contributed by atoms with E-state index in [1.54, 1.807) is 48.5 Å². The Kier molecular flexibility index (Phi) is 4.62. The minimum Gasteiger partial charge on any atom is -0.425 e. The Morgan fingerprint density at radius 1 is 1.17 bits per heavy atom. The maximum absolute atomic E-state index is 12.3. The van der Waals surface area contributed by atoms with Crippen molar-refractivity contribution in [1.82, 2.24) is 0 Å². The molecule has 2 aromatic carbocycles. The highest BCUT2D eigenvalue weighted by Gasteiger charge is 2.36. The molecular formula is C18H14ClNO4. The minimum absolute atomic E-state index is 0.0741. The van der Waals surface area contributed by atoms with Gasteiger partial charge in [0.15, 0.2) is 6.29 Å². The van der Waals surface area contributed by atoms with E-state index in [4.69, 9.17) is 16.3 Å². The number of carbonyl (C=O) groups excluding carboxylic acids is 3. The average molecular weight is 344 g/mol. The van der Waals surface area contributed by atoms with Gasteiger partial charge in [0.2, 0.25) is 5.91 Å². The number of amides is 1. The molecule has 0 unspecified atom stereocenters. The van der Waals surface area contributed by atoms with Crippen LogP contribution in [0.2, 0.25) is 5.02 Å². The van der Waals surface area contributed by atoms with E-state index in [-0.39, 0.29) is 24.6 Å². The lowest BCUT2D eigenvalue weighted by Gasteiger charge is -2.16. The van der Waals surface area contributed by atoms with Crippen molar-refractivity contribution in [3.05, 3.63) is 59.1 Å². The summed E-state index contributed by atoms with van der Waals surface area (Å²) >= 11 is 5.85. The van der Waals surface area contributed by atoms with Gasteiger partial charge in [-0.2, -0.15) is 0 Å². The van der Waals surface area contributed by atoms with Crippen molar-refractivity contribution < 1.29 is 19.1 Å². The van der Waals surface area contributed by atoms with E-state index in [2.05, 4.69) is 0 Å². The molecule has 24 heavy (non-hydrogen) atoms. The lowest BCUT2D eigenvalue weighted by atomic mass is 10.1. The zero-order chi connectivity index (χ0) is 17.1. The van der Waals surface area contributed by atoms with Crippen LogP contribution >= 0.6 is 11.6 Å². The van der Waals surface area contributed by atoms with Crippen molar-refractivity contribution in [3.8, 4) is 5.75 Å². The Labute approximate surface area is 143 Å². The monoisotopic (exact) mass is 343 g/mol. The first-order chi connectivity index (χ1) is 11.6. The molecule has 1 atom stereocenters. The second-order valence-corrected chi connectivity index (χ2v) is 5.90. The molecule has 1 amide bonds. The van der Waals surface area contributed by atoms with Gasteiger partial charge >= 0.3 is 5.97 Å². The van der Waals surface area contributed by atoms with Crippen LogP contribution in [0.3, 0.4) is 0 Å². The molecule has 0 N–H and O–H groups in total. The zero-order valence-corrected chi connectivity index (χ0v) is 13.4. The zero-order valence-electron chi connectivity index (χ0n) is 12.6. The van der Waals surface area contributed by atoms with E-state index < -0.39 is 11.9 Å². The van der Waals surface area contributed by atoms with Crippen LogP contribution in [0.5, 0.6) is 5.75 Å². The summed E-state index contributed by atoms with van der Waals surface area (Å²) in [5.41, 5.74) is 0.984. The first-order valence-electron chi connectivity index (χ1n) is 7.40. The summed E-state index contributed by atoms with van der Waals surface area (Å²) in [5, 5.41) is 0.576. The minimum atomic E-state index is -0.576. The number of esters is 1. The van der Waals surface area contributed by atoms with Crippen LogP contribution in [0.1, 0.15) is 16.8 Å². The molecule has 6 heteroatoms. The number of hydrogen-bond donors (Lipinski definition) is 0. The fourth-order valence-electron chi connectivity index (χ4n) is 2.60. The molecule has 3 rings (SSSR count). The normalized spacial score (nSPS) is 17.0. The molecule has 0 saturated carbocycles. The van der Waals surface area contributed by atoms with Crippen molar-refractivity contribution in [3.63, 3.8) is 0 Å². The third-order valence-corrected chi connectivity index (χ3v) is 4.11. The Morgan fingerprint density at radius 2 is 1.88 bits per heavy atom. The van der Waals surface area contributed by atoms with Gasteiger partial charge in [-0.25, -0.2) is 0 Å². The average Bonchev–Trinajstić information content (AvgIpc) is 2.98. The van der Waals surface area contributed by atoms with Gasteiger partial charge in [-0.05, 0) is 36.4 Å². The number of ether oxygens (including phenoxy) is 1. The number of anilines is 1. The highest BCUT2D eigenvalue weighted by Crippen LogP contribution is 2.28. The standard InChI is InChI=1S/C18H14ClNO4/c19-14-5-7-15(8-6-14)20-10-13(9-17(20)22)18(23)24-16-4-2-1-3-12(16)11-21/h1-8,11,13H,9-10H2/t13-/m1/s1. The van der Waals surface area contributed by atoms with Gasteiger partial charge in [0, 0.05) is 23.7 Å². The smallest absolute Gasteiger partial charge is 0.316 e. The van der Waals surface area contributed by atoms with Crippen molar-refractivity contribution in [2.45, 2.75) is 6.42 Å². The number of benzene rings is 2. The second kappa shape index (κ2) is 6.84. The molecule has 0 aromatic heterocycles. The highest BCUT2D eigenvalue weighted by molar-refractivity contribution is 6.30. The van der Waals surface area contributed by atoms with E-state index in [1.807, 2.05) is 0 Å². The molecule has 0 radical (unpaired) electrons. The first-order valence-corrected chi connectivity index (χ1v) is 7.78. The van der Waals surface area contributed by atoms with E-state index in [9.17, 15) is 14.4 Å². The summed E-state index contributed by atoms with van der Waals surface area (Å²) in [7, 11) is 0. The van der Waals surface area contributed by atoms with Gasteiger partial charge < -0.3 is 9.64 Å². The van der Waals surface area contributed by atoms with Crippen LogP contribution in [0.15, 0.2) is 48.5 Å². The summed E-state index contributed by atoms with van der Waals surface area (Å²) < 4.78 is 5.30. The fraction of sp³-hybridized carbons (Fsp3) is 0.167. The number of carbonyl (C=O) groups is 3. The SMILES string of the molecule is O=Cc1ccccc1OC(=O)[C@@H]1CC(=O)N(c2ccc(Cl)cc2)C1. The molecule has 0 spiro atoms. The van der Waals surface area contributed by atoms with Crippen LogP contribution in [-0.2, 0) is 9.59 Å². The van der Waals surface area contributed by atoms with Crippen LogP contribution in [0.25, 0.3) is 0 Å². The molecule has 1 fully saturated rings. The van der Waals surface area contributed by atoms with Gasteiger partial charge in [-0.3, -0.25) is 14.4 Å². The van der Waals surface area contributed by atoms with E-state index in [0.717, 1.165) is 0 Å². The first kappa shape index (κ1) is 16.2. The molecule has 0 bridgehead atoms. The van der Waals surface area contributed by atoms with Gasteiger partial charge in [0.25, 0.3) is 0 Å². The van der Waals surface area contributed by atoms with E-state index >= 15 is 0 Å². The van der Waals surface area contributed by atoms with Gasteiger partial charge in [-0.15, -0.1) is 0 Å². The number of rotatable bonds is 4. The molecule has 122 valence electrons. The maximum Gasteiger partial charge on any atom is 0.316 e. The molecule has 1 aliphatic rings. The molecular weight excluding hydrogens is 330 g/mol. The Hall–Kier alpha value is -2.66. The van der Waals surface area contributed by atoms with Crippen molar-refractivity contribution in [2.24, 2.45) is 5.92 Å². The molecule has 1 saturated heterocycles. The van der Waals surface area contributed by atoms with Crippen LogP contribution in [-0.4, -0.2) is 24.7 Å². The van der Waals surface area contributed by atoms with E-state index in [1.165, 1.54) is 4.90 Å². The Bertz CT molecular complexity index is 788. The molecule has 0 aliphatic carbocycles. The number of halogens is 1. The molecule has 1 aliphatic heterocycles. The van der Waals surface area contributed by atoms with Crippen molar-refractivity contribution >= 4 is 35.5 Å². The predicted octanol–water partition coefficient (Wildman–Crippen LogP) is 3.11. The molecule has 1 heterocycles. The third-order valence-electron chi connectivity index (χ3n) is 3.85. The molecule has 5 nitrogen and oxygen atoms in total. The van der Waals surface area contributed by atoms with Gasteiger partial charge in [-0.1, -0.05) is 23.7 Å². The van der Waals surface area contributed by atoms with Crippen molar-refractivity contribution in [1.29, 1.82) is 0 Å². The fourth-order valence-corrected chi connectivity index (χ4v) is 2.72. The summed E-state index contributed by atoms with van der Waals surface area (Å²) in [4.78, 5) is 37.0. The molecule has 2 aromatic rings. The number of hydrogen-bond acceptors (Lipinski definition) is 4. The summed E-state index contributed by atoms with van der Waals surface area (Å²) in [5.74, 6) is -1.04.